The summed E-state index contributed by atoms with van der Waals surface area (Å²) in [5.41, 5.74) is 4.48. The summed E-state index contributed by atoms with van der Waals surface area (Å²) in [5, 5.41) is 4.20. The molecule has 4 aromatic rings. The summed E-state index contributed by atoms with van der Waals surface area (Å²) in [7, 11) is 3.18. The summed E-state index contributed by atoms with van der Waals surface area (Å²) < 4.78 is 30.3. The molecule has 0 aliphatic carbocycles. The molecule has 5 rings (SSSR count). The molecule has 1 aliphatic heterocycles. The highest BCUT2D eigenvalue weighted by Crippen LogP contribution is 2.42. The maximum Gasteiger partial charge on any atom is 0.260 e. The number of methoxy groups -OCH3 is 2. The number of ether oxygens (including phenoxy) is 2. The molecule has 0 saturated heterocycles. The Morgan fingerprint density at radius 1 is 1.03 bits per heavy atom. The van der Waals surface area contributed by atoms with E-state index in [0.29, 0.717) is 41.5 Å². The Labute approximate surface area is 202 Å². The van der Waals surface area contributed by atoms with Gasteiger partial charge in [-0.2, -0.15) is 0 Å². The van der Waals surface area contributed by atoms with E-state index in [1.54, 1.807) is 38.2 Å². The van der Waals surface area contributed by atoms with E-state index in [4.69, 9.17) is 14.0 Å². The fraction of sp³-hybridized carbons (Fsp3) is 0.214. The Kier molecular flexibility index (Phi) is 5.99. The lowest BCUT2D eigenvalue weighted by Crippen LogP contribution is -2.41. The number of aromatic nitrogens is 1. The first-order chi connectivity index (χ1) is 17.0. The molecule has 0 saturated carbocycles. The largest absolute Gasteiger partial charge is 0.493 e. The minimum absolute atomic E-state index is 0.197. The van der Waals surface area contributed by atoms with Crippen LogP contribution < -0.4 is 9.47 Å². The van der Waals surface area contributed by atoms with Crippen molar-refractivity contribution in [1.29, 1.82) is 0 Å². The lowest BCUT2D eigenvalue weighted by molar-refractivity contribution is 0.0693. The SMILES string of the molecule is COc1cc2c(cc1OC)C(c1ccc(F)cc1)N(C(=O)c1c(-c3ccccc3)noc1C)CC2. The fourth-order valence-corrected chi connectivity index (χ4v) is 4.73. The minimum atomic E-state index is -0.454. The second-order valence-electron chi connectivity index (χ2n) is 8.44. The van der Waals surface area contributed by atoms with Gasteiger partial charge in [0.05, 0.1) is 20.3 Å². The molecule has 1 atom stereocenters. The quantitative estimate of drug-likeness (QED) is 0.379. The maximum absolute atomic E-state index is 14.1. The van der Waals surface area contributed by atoms with Gasteiger partial charge in [-0.05, 0) is 54.3 Å². The Morgan fingerprint density at radius 2 is 1.71 bits per heavy atom. The van der Waals surface area contributed by atoms with Crippen LogP contribution in [0, 0.1) is 12.7 Å². The zero-order chi connectivity index (χ0) is 24.5. The summed E-state index contributed by atoms with van der Waals surface area (Å²) in [6, 6.07) is 19.1. The van der Waals surface area contributed by atoms with Crippen molar-refractivity contribution in [2.45, 2.75) is 19.4 Å². The van der Waals surface area contributed by atoms with Crippen LogP contribution in [0.15, 0.2) is 71.3 Å². The lowest BCUT2D eigenvalue weighted by Gasteiger charge is -2.38. The molecule has 0 N–H and O–H groups in total. The number of nitrogens with zero attached hydrogens (tertiary/aromatic N) is 2. The third-order valence-corrected chi connectivity index (χ3v) is 6.44. The molecule has 2 heterocycles. The summed E-state index contributed by atoms with van der Waals surface area (Å²) >= 11 is 0. The highest BCUT2D eigenvalue weighted by Gasteiger charge is 2.36. The van der Waals surface area contributed by atoms with E-state index in [2.05, 4.69) is 5.16 Å². The summed E-state index contributed by atoms with van der Waals surface area (Å²) in [5.74, 6) is 1.11. The van der Waals surface area contributed by atoms with Crippen LogP contribution in [-0.4, -0.2) is 36.7 Å². The number of carbonyl (C=O) groups excluding carboxylic acids is 1. The highest BCUT2D eigenvalue weighted by atomic mass is 19.1. The van der Waals surface area contributed by atoms with E-state index in [-0.39, 0.29) is 11.7 Å². The summed E-state index contributed by atoms with van der Waals surface area (Å²) in [6.07, 6.45) is 0.629. The first-order valence-electron chi connectivity index (χ1n) is 11.3. The molecular formula is C28H25FN2O4. The van der Waals surface area contributed by atoms with Gasteiger partial charge >= 0.3 is 0 Å². The molecule has 1 amide bonds. The molecule has 1 aliphatic rings. The van der Waals surface area contributed by atoms with Crippen molar-refractivity contribution in [3.63, 3.8) is 0 Å². The van der Waals surface area contributed by atoms with Crippen LogP contribution in [0.5, 0.6) is 11.5 Å². The van der Waals surface area contributed by atoms with Crippen molar-refractivity contribution in [1.82, 2.24) is 10.1 Å². The van der Waals surface area contributed by atoms with Crippen LogP contribution in [0.25, 0.3) is 11.3 Å². The first kappa shape index (κ1) is 22.7. The van der Waals surface area contributed by atoms with E-state index >= 15 is 0 Å². The van der Waals surface area contributed by atoms with Gasteiger partial charge in [0, 0.05) is 12.1 Å². The lowest BCUT2D eigenvalue weighted by atomic mass is 9.87. The van der Waals surface area contributed by atoms with Crippen LogP contribution in [0.1, 0.15) is 38.9 Å². The van der Waals surface area contributed by atoms with Gasteiger partial charge < -0.3 is 18.9 Å². The van der Waals surface area contributed by atoms with Gasteiger partial charge in [0.2, 0.25) is 0 Å². The number of aryl methyl sites for hydroxylation is 1. The van der Waals surface area contributed by atoms with Crippen molar-refractivity contribution in [3.05, 3.63) is 101 Å². The standard InChI is InChI=1S/C28H25FN2O4/c1-17-25(26(30-35-17)18-7-5-4-6-8-18)28(32)31-14-13-20-15-23(33-2)24(34-3)16-22(20)27(31)19-9-11-21(29)12-10-19/h4-12,15-16,27H,13-14H2,1-3H3. The van der Waals surface area contributed by atoms with Crippen LogP contribution in [0.4, 0.5) is 4.39 Å². The molecule has 35 heavy (non-hydrogen) atoms. The normalized spacial score (nSPS) is 15.0. The Balaban J connectivity index is 1.65. The number of fused-ring (bicyclic) bond motifs is 1. The average molecular weight is 473 g/mol. The third-order valence-electron chi connectivity index (χ3n) is 6.44. The highest BCUT2D eigenvalue weighted by molar-refractivity contribution is 6.01. The fourth-order valence-electron chi connectivity index (χ4n) is 4.73. The summed E-state index contributed by atoms with van der Waals surface area (Å²) in [6.45, 7) is 2.20. The van der Waals surface area contributed by atoms with Crippen LogP contribution >= 0.6 is 0 Å². The smallest absolute Gasteiger partial charge is 0.260 e. The van der Waals surface area contributed by atoms with Crippen molar-refractivity contribution in [2.75, 3.05) is 20.8 Å². The van der Waals surface area contributed by atoms with Gasteiger partial charge in [-0.3, -0.25) is 4.79 Å². The number of rotatable bonds is 5. The van der Waals surface area contributed by atoms with E-state index in [9.17, 15) is 9.18 Å². The molecule has 1 unspecified atom stereocenters. The van der Waals surface area contributed by atoms with E-state index in [1.807, 2.05) is 42.5 Å². The predicted octanol–water partition coefficient (Wildman–Crippen LogP) is 5.59. The molecule has 178 valence electrons. The van der Waals surface area contributed by atoms with E-state index < -0.39 is 6.04 Å². The number of benzene rings is 3. The molecule has 1 aromatic heterocycles. The van der Waals surface area contributed by atoms with Gasteiger partial charge in [-0.25, -0.2) is 4.39 Å². The van der Waals surface area contributed by atoms with Gasteiger partial charge in [0.15, 0.2) is 11.5 Å². The monoisotopic (exact) mass is 472 g/mol. The van der Waals surface area contributed by atoms with Crippen LogP contribution in [0.3, 0.4) is 0 Å². The predicted molar refractivity (Wildman–Crippen MR) is 129 cm³/mol. The van der Waals surface area contributed by atoms with Gasteiger partial charge in [0.1, 0.15) is 22.8 Å². The number of carbonyl (C=O) groups is 1. The van der Waals surface area contributed by atoms with Gasteiger partial charge in [0.25, 0.3) is 5.91 Å². The molecule has 0 fully saturated rings. The molecular weight excluding hydrogens is 447 g/mol. The van der Waals surface area contributed by atoms with Gasteiger partial charge in [-0.15, -0.1) is 0 Å². The number of halogens is 1. The van der Waals surface area contributed by atoms with Crippen molar-refractivity contribution in [2.24, 2.45) is 0 Å². The molecule has 0 radical (unpaired) electrons. The van der Waals surface area contributed by atoms with Crippen molar-refractivity contribution >= 4 is 5.91 Å². The minimum Gasteiger partial charge on any atom is -0.493 e. The molecule has 6 nitrogen and oxygen atoms in total. The van der Waals surface area contributed by atoms with E-state index in [1.165, 1.54) is 12.1 Å². The Bertz CT molecular complexity index is 1370. The van der Waals surface area contributed by atoms with Gasteiger partial charge in [-0.1, -0.05) is 47.6 Å². The van der Waals surface area contributed by atoms with E-state index in [0.717, 1.165) is 22.3 Å². The van der Waals surface area contributed by atoms with Crippen molar-refractivity contribution in [3.8, 4) is 22.8 Å². The third kappa shape index (κ3) is 4.03. The second-order valence-corrected chi connectivity index (χ2v) is 8.44. The number of hydrogen-bond donors (Lipinski definition) is 0. The molecule has 7 heteroatoms. The zero-order valence-electron chi connectivity index (χ0n) is 19.7. The average Bonchev–Trinajstić information content (AvgIpc) is 3.29. The van der Waals surface area contributed by atoms with Crippen LogP contribution in [0.2, 0.25) is 0 Å². The Hall–Kier alpha value is -4.13. The topological polar surface area (TPSA) is 64.8 Å². The van der Waals surface area contributed by atoms with Crippen molar-refractivity contribution < 1.29 is 23.2 Å². The molecule has 0 bridgehead atoms. The Morgan fingerprint density at radius 3 is 2.40 bits per heavy atom. The maximum atomic E-state index is 14.1. The number of amides is 1. The van der Waals surface area contributed by atoms with Crippen LogP contribution in [-0.2, 0) is 6.42 Å². The first-order valence-corrected chi connectivity index (χ1v) is 11.3. The summed E-state index contributed by atoms with van der Waals surface area (Å²) in [4.78, 5) is 15.9. The second kappa shape index (κ2) is 9.25. The number of hydrogen-bond acceptors (Lipinski definition) is 5. The molecule has 0 spiro atoms. The zero-order valence-corrected chi connectivity index (χ0v) is 19.7. The molecule has 3 aromatic carbocycles.